The van der Waals surface area contributed by atoms with E-state index in [0.29, 0.717) is 35.9 Å². The second-order valence-electron chi connectivity index (χ2n) is 8.79. The Hall–Kier alpha value is -2.62. The van der Waals surface area contributed by atoms with Gasteiger partial charge in [-0.3, -0.25) is 4.79 Å². The number of amides is 1. The summed E-state index contributed by atoms with van der Waals surface area (Å²) in [5.74, 6) is 0.183. The third-order valence-electron chi connectivity index (χ3n) is 6.18. The lowest BCUT2D eigenvalue weighted by Crippen LogP contribution is -2.40. The molecule has 4 rings (SSSR count). The van der Waals surface area contributed by atoms with Crippen LogP contribution in [0.1, 0.15) is 54.0 Å². The van der Waals surface area contributed by atoms with Crippen molar-refractivity contribution in [3.8, 4) is 0 Å². The predicted octanol–water partition coefficient (Wildman–Crippen LogP) is 6.14. The first kappa shape index (κ1) is 21.6. The first-order valence-corrected chi connectivity index (χ1v) is 11.1. The van der Waals surface area contributed by atoms with Crippen molar-refractivity contribution in [2.24, 2.45) is 0 Å². The van der Waals surface area contributed by atoms with Gasteiger partial charge in [0.05, 0.1) is 12.2 Å². The lowest BCUT2D eigenvalue weighted by Gasteiger charge is -2.23. The van der Waals surface area contributed by atoms with Crippen molar-refractivity contribution < 1.29 is 9.90 Å². The molecule has 1 aliphatic heterocycles. The zero-order valence-corrected chi connectivity index (χ0v) is 19.0. The van der Waals surface area contributed by atoms with E-state index in [1.807, 2.05) is 37.3 Å². The normalized spacial score (nSPS) is 18.0. The Balaban J connectivity index is 1.61. The Bertz CT molecular complexity index is 1090. The van der Waals surface area contributed by atoms with Crippen LogP contribution in [0.15, 0.2) is 66.7 Å². The molecule has 0 bridgehead atoms. The number of carbonyl (C=O) groups excluding carboxylic acids is 1. The van der Waals surface area contributed by atoms with Crippen LogP contribution in [-0.4, -0.2) is 11.0 Å². The smallest absolute Gasteiger partial charge is 0.264 e. The zero-order chi connectivity index (χ0) is 22.2. The Kier molecular flexibility index (Phi) is 5.92. The average Bonchev–Trinajstić information content (AvgIpc) is 2.96. The lowest BCUT2D eigenvalue weighted by atomic mass is 9.88. The van der Waals surface area contributed by atoms with E-state index in [2.05, 4.69) is 38.1 Å². The summed E-state index contributed by atoms with van der Waals surface area (Å²) in [7, 11) is 0. The van der Waals surface area contributed by atoms with Crippen LogP contribution in [0.3, 0.4) is 0 Å². The molecule has 0 spiro atoms. The van der Waals surface area contributed by atoms with Gasteiger partial charge in [-0.25, -0.2) is 0 Å². The number of aliphatic hydroxyl groups is 1. The van der Waals surface area contributed by atoms with Crippen LogP contribution < -0.4 is 4.90 Å². The summed E-state index contributed by atoms with van der Waals surface area (Å²) in [6.07, 6.45) is 0.912. The van der Waals surface area contributed by atoms with Crippen molar-refractivity contribution >= 4 is 23.2 Å². The number of benzene rings is 3. The molecule has 1 amide bonds. The summed E-state index contributed by atoms with van der Waals surface area (Å²) in [4.78, 5) is 15.1. The van der Waals surface area contributed by atoms with Crippen molar-refractivity contribution in [2.75, 3.05) is 4.90 Å². The fourth-order valence-electron chi connectivity index (χ4n) is 4.19. The van der Waals surface area contributed by atoms with Gasteiger partial charge in [0.25, 0.3) is 5.91 Å². The van der Waals surface area contributed by atoms with Gasteiger partial charge in [0, 0.05) is 10.6 Å². The zero-order valence-electron chi connectivity index (χ0n) is 18.2. The van der Waals surface area contributed by atoms with Crippen LogP contribution in [0.4, 0.5) is 5.69 Å². The minimum Gasteiger partial charge on any atom is -0.375 e. The topological polar surface area (TPSA) is 40.5 Å². The quantitative estimate of drug-likeness (QED) is 0.507. The monoisotopic (exact) mass is 433 g/mol. The summed E-state index contributed by atoms with van der Waals surface area (Å²) >= 11 is 6.25. The molecule has 0 aliphatic carbocycles. The van der Waals surface area contributed by atoms with E-state index in [1.54, 1.807) is 17.0 Å². The SMILES string of the molecule is Cc1ccc(CN2C(=O)C(O)(CCc3ccc(C(C)C)cc3)c3cc(Cl)ccc32)cc1. The highest BCUT2D eigenvalue weighted by Crippen LogP contribution is 2.44. The minimum atomic E-state index is -1.58. The van der Waals surface area contributed by atoms with Gasteiger partial charge in [-0.1, -0.05) is 79.5 Å². The number of halogens is 1. The molecule has 3 aromatic rings. The van der Waals surface area contributed by atoms with Crippen molar-refractivity contribution in [3.05, 3.63) is 99.6 Å². The van der Waals surface area contributed by atoms with Gasteiger partial charge >= 0.3 is 0 Å². The highest BCUT2D eigenvalue weighted by molar-refractivity contribution is 6.31. The summed E-state index contributed by atoms with van der Waals surface area (Å²) in [6, 6.07) is 21.8. The number of nitrogens with zero attached hydrogens (tertiary/aromatic N) is 1. The van der Waals surface area contributed by atoms with Crippen LogP contribution in [0.5, 0.6) is 0 Å². The first-order chi connectivity index (χ1) is 14.8. The van der Waals surface area contributed by atoms with E-state index in [9.17, 15) is 9.90 Å². The van der Waals surface area contributed by atoms with Crippen LogP contribution in [0.25, 0.3) is 0 Å². The van der Waals surface area contributed by atoms with E-state index >= 15 is 0 Å². The predicted molar refractivity (Wildman–Crippen MR) is 127 cm³/mol. The van der Waals surface area contributed by atoms with Gasteiger partial charge < -0.3 is 10.0 Å². The van der Waals surface area contributed by atoms with Gasteiger partial charge in [-0.2, -0.15) is 0 Å². The van der Waals surface area contributed by atoms with E-state index in [4.69, 9.17) is 11.6 Å². The number of anilines is 1. The largest absolute Gasteiger partial charge is 0.375 e. The number of hydrogen-bond acceptors (Lipinski definition) is 2. The Morgan fingerprint density at radius 2 is 1.61 bits per heavy atom. The van der Waals surface area contributed by atoms with E-state index in [-0.39, 0.29) is 5.91 Å². The summed E-state index contributed by atoms with van der Waals surface area (Å²) in [6.45, 7) is 6.78. The van der Waals surface area contributed by atoms with Crippen molar-refractivity contribution in [2.45, 2.75) is 51.7 Å². The van der Waals surface area contributed by atoms with Crippen molar-refractivity contribution in [1.82, 2.24) is 0 Å². The molecule has 160 valence electrons. The standard InChI is InChI=1S/C27H28ClNO2/c1-18(2)22-10-8-20(9-11-22)14-15-27(31)24-16-23(28)12-13-25(24)29(26(27)30)17-21-6-4-19(3)5-7-21/h4-13,16,18,31H,14-15,17H2,1-3H3. The molecule has 1 aliphatic rings. The average molecular weight is 434 g/mol. The Morgan fingerprint density at radius 1 is 0.968 bits per heavy atom. The fourth-order valence-corrected chi connectivity index (χ4v) is 4.36. The first-order valence-electron chi connectivity index (χ1n) is 10.8. The van der Waals surface area contributed by atoms with Crippen LogP contribution >= 0.6 is 11.6 Å². The molecule has 4 heteroatoms. The number of aryl methyl sites for hydroxylation is 2. The van der Waals surface area contributed by atoms with Crippen LogP contribution in [0, 0.1) is 6.92 Å². The number of fused-ring (bicyclic) bond motifs is 1. The third kappa shape index (κ3) is 4.26. The summed E-state index contributed by atoms with van der Waals surface area (Å²) in [5, 5.41) is 12.1. The van der Waals surface area contributed by atoms with E-state index in [1.165, 1.54) is 11.1 Å². The third-order valence-corrected chi connectivity index (χ3v) is 6.41. The summed E-state index contributed by atoms with van der Waals surface area (Å²) in [5.41, 5.74) is 4.31. The van der Waals surface area contributed by atoms with E-state index in [0.717, 1.165) is 16.8 Å². The van der Waals surface area contributed by atoms with Gasteiger partial charge in [0.1, 0.15) is 0 Å². The molecule has 0 aromatic heterocycles. The maximum atomic E-state index is 13.5. The second kappa shape index (κ2) is 8.49. The van der Waals surface area contributed by atoms with Gasteiger partial charge in [-0.15, -0.1) is 0 Å². The fraction of sp³-hybridized carbons (Fsp3) is 0.296. The molecule has 1 N–H and O–H groups in total. The Morgan fingerprint density at radius 3 is 2.26 bits per heavy atom. The number of rotatable bonds is 6. The maximum absolute atomic E-state index is 13.5. The van der Waals surface area contributed by atoms with Gasteiger partial charge in [0.15, 0.2) is 5.60 Å². The molecule has 0 fully saturated rings. The van der Waals surface area contributed by atoms with E-state index < -0.39 is 5.60 Å². The molecule has 0 saturated heterocycles. The van der Waals surface area contributed by atoms with Gasteiger partial charge in [0.2, 0.25) is 0 Å². The Labute approximate surface area is 189 Å². The summed E-state index contributed by atoms with van der Waals surface area (Å²) < 4.78 is 0. The highest BCUT2D eigenvalue weighted by atomic mass is 35.5. The molecule has 0 radical (unpaired) electrons. The molecule has 3 nitrogen and oxygen atoms in total. The molecule has 1 atom stereocenters. The molecule has 1 unspecified atom stereocenters. The van der Waals surface area contributed by atoms with Gasteiger partial charge in [-0.05, 0) is 60.6 Å². The van der Waals surface area contributed by atoms with Crippen LogP contribution in [-0.2, 0) is 23.4 Å². The van der Waals surface area contributed by atoms with Crippen LogP contribution in [0.2, 0.25) is 5.02 Å². The van der Waals surface area contributed by atoms with Crippen molar-refractivity contribution in [1.29, 1.82) is 0 Å². The number of hydrogen-bond donors (Lipinski definition) is 1. The minimum absolute atomic E-state index is 0.288. The molecular formula is C27H28ClNO2. The molecular weight excluding hydrogens is 406 g/mol. The second-order valence-corrected chi connectivity index (χ2v) is 9.23. The number of carbonyl (C=O) groups is 1. The van der Waals surface area contributed by atoms with Crippen molar-refractivity contribution in [3.63, 3.8) is 0 Å². The maximum Gasteiger partial charge on any atom is 0.264 e. The molecule has 1 heterocycles. The molecule has 0 saturated carbocycles. The molecule has 31 heavy (non-hydrogen) atoms. The highest BCUT2D eigenvalue weighted by Gasteiger charge is 2.49. The molecule has 3 aromatic carbocycles. The lowest BCUT2D eigenvalue weighted by molar-refractivity contribution is -0.136.